The molecule has 1 aromatic carbocycles. The smallest absolute Gasteiger partial charge is 0.407 e. The van der Waals surface area contributed by atoms with Crippen LogP contribution in [0.25, 0.3) is 10.4 Å². The fourth-order valence-electron chi connectivity index (χ4n) is 4.40. The Morgan fingerprint density at radius 3 is 2.00 bits per heavy atom. The quantitative estimate of drug-likeness (QED) is 0.0355. The van der Waals surface area contributed by atoms with Crippen LogP contribution in [0.15, 0.2) is 34.3 Å². The van der Waals surface area contributed by atoms with Crippen molar-refractivity contribution in [1.82, 2.24) is 10.6 Å². The van der Waals surface area contributed by atoms with Crippen molar-refractivity contribution in [3.05, 3.63) is 40.3 Å². The number of nitrogens with one attached hydrogen (secondary N) is 2. The van der Waals surface area contributed by atoms with Crippen LogP contribution in [-0.2, 0) is 47.8 Å². The van der Waals surface area contributed by atoms with Gasteiger partial charge in [-0.1, -0.05) is 29.2 Å². The Kier molecular flexibility index (Phi) is 26.7. The molecule has 0 saturated heterocycles. The van der Waals surface area contributed by atoms with Crippen LogP contribution in [-0.4, -0.2) is 124 Å². The van der Waals surface area contributed by atoms with Gasteiger partial charge in [-0.2, -0.15) is 0 Å². The molecule has 0 aliphatic carbocycles. The summed E-state index contributed by atoms with van der Waals surface area (Å²) in [5.41, 5.74) is 9.11. The van der Waals surface area contributed by atoms with Gasteiger partial charge in [-0.25, -0.2) is 13.2 Å². The number of ether oxygens (including phenoxy) is 7. The molecule has 0 aromatic heterocycles. The molecule has 0 heterocycles. The number of alkyl carbamates (subject to hydrolysis) is 1. The molecule has 0 fully saturated rings. The average Bonchev–Trinajstić information content (AvgIpc) is 3.08. The van der Waals surface area contributed by atoms with Gasteiger partial charge in [0, 0.05) is 50.6 Å². The lowest BCUT2D eigenvalue weighted by Gasteiger charge is -2.20. The molecular formula is C33H57N5O11S. The molecule has 16 nitrogen and oxygen atoms in total. The fourth-order valence-corrected chi connectivity index (χ4v) is 5.87. The van der Waals surface area contributed by atoms with Crippen LogP contribution >= 0.6 is 0 Å². The predicted octanol–water partition coefficient (Wildman–Crippen LogP) is 4.10. The molecular weight excluding hydrogens is 674 g/mol. The highest BCUT2D eigenvalue weighted by Crippen LogP contribution is 2.17. The molecule has 17 heteroatoms. The fraction of sp³-hybridized carbons (Fsp3) is 0.758. The zero-order valence-electron chi connectivity index (χ0n) is 29.8. The molecule has 0 aliphatic rings. The molecule has 2 N–H and O–H groups in total. The van der Waals surface area contributed by atoms with E-state index in [2.05, 4.69) is 20.7 Å². The molecule has 1 unspecified atom stereocenters. The SMILES string of the molecule is CCOC(CCNC(=O)OC(CCCCCNC(=O)CCOCCOCCOCCOCCN=[N+]=[N-])CS(=O)(=O)c1ccc(C)cc1)OCC. The second-order valence-electron chi connectivity index (χ2n) is 11.0. The molecule has 0 saturated carbocycles. The largest absolute Gasteiger partial charge is 0.445 e. The second kappa shape index (κ2) is 29.7. The summed E-state index contributed by atoms with van der Waals surface area (Å²) in [6, 6.07) is 6.58. The minimum atomic E-state index is -3.70. The first-order valence-electron chi connectivity index (χ1n) is 17.3. The molecule has 1 aromatic rings. The number of azide groups is 1. The maximum Gasteiger partial charge on any atom is 0.407 e. The minimum absolute atomic E-state index is 0.126. The van der Waals surface area contributed by atoms with Crippen molar-refractivity contribution in [2.24, 2.45) is 5.11 Å². The number of nitrogens with zero attached hydrogens (tertiary/aromatic N) is 3. The maximum absolute atomic E-state index is 13.1. The lowest BCUT2D eigenvalue weighted by molar-refractivity contribution is -0.138. The van der Waals surface area contributed by atoms with Crippen molar-refractivity contribution in [3.63, 3.8) is 0 Å². The Hall–Kier alpha value is -3.02. The number of amides is 2. The van der Waals surface area contributed by atoms with Gasteiger partial charge in [0.1, 0.15) is 6.10 Å². The minimum Gasteiger partial charge on any atom is -0.445 e. The van der Waals surface area contributed by atoms with E-state index in [4.69, 9.17) is 38.7 Å². The third-order valence-corrected chi connectivity index (χ3v) is 8.73. The Morgan fingerprint density at radius 1 is 0.800 bits per heavy atom. The number of hydrogen-bond acceptors (Lipinski definition) is 12. The molecule has 0 bridgehead atoms. The predicted molar refractivity (Wildman–Crippen MR) is 187 cm³/mol. The third kappa shape index (κ3) is 24.2. The number of carbonyl (C=O) groups excluding carboxylic acids is 2. The average molecular weight is 732 g/mol. The van der Waals surface area contributed by atoms with Gasteiger partial charge >= 0.3 is 6.09 Å². The standard InChI is InChI=1S/C33H57N5O11S/c1-4-47-32(48-5-2)14-17-36-33(40)49-29(27-50(41,42)30-12-10-28(3)11-13-30)9-7-6-8-16-35-31(39)15-19-43-21-23-45-25-26-46-24-22-44-20-18-37-38-34/h10-13,29,32H,4-9,14-27H2,1-3H3,(H,35,39)(H,36,40). The first-order chi connectivity index (χ1) is 24.2. The Labute approximate surface area is 296 Å². The van der Waals surface area contributed by atoms with Crippen molar-refractivity contribution in [2.45, 2.75) is 76.6 Å². The van der Waals surface area contributed by atoms with Crippen LogP contribution in [0.3, 0.4) is 0 Å². The zero-order valence-corrected chi connectivity index (χ0v) is 30.7. The van der Waals surface area contributed by atoms with Gasteiger partial charge in [-0.15, -0.1) is 0 Å². The number of aryl methyl sites for hydroxylation is 1. The summed E-state index contributed by atoms with van der Waals surface area (Å²) in [7, 11) is -3.70. The van der Waals surface area contributed by atoms with Gasteiger partial charge in [-0.05, 0) is 57.7 Å². The van der Waals surface area contributed by atoms with Crippen molar-refractivity contribution < 1.29 is 51.2 Å². The van der Waals surface area contributed by atoms with Crippen LogP contribution in [0.1, 0.15) is 57.9 Å². The summed E-state index contributed by atoms with van der Waals surface area (Å²) in [6.45, 7) is 10.6. The van der Waals surface area contributed by atoms with E-state index in [-0.39, 0.29) is 36.1 Å². The van der Waals surface area contributed by atoms with Crippen molar-refractivity contribution >= 4 is 21.8 Å². The zero-order chi connectivity index (χ0) is 36.7. The van der Waals surface area contributed by atoms with Gasteiger partial charge in [0.2, 0.25) is 5.91 Å². The first kappa shape index (κ1) is 45.0. The number of sulfone groups is 1. The maximum atomic E-state index is 13.1. The summed E-state index contributed by atoms with van der Waals surface area (Å²) >= 11 is 0. The highest BCUT2D eigenvalue weighted by molar-refractivity contribution is 7.91. The highest BCUT2D eigenvalue weighted by Gasteiger charge is 2.24. The molecule has 286 valence electrons. The molecule has 2 amide bonds. The summed E-state index contributed by atoms with van der Waals surface area (Å²) in [5, 5.41) is 8.89. The summed E-state index contributed by atoms with van der Waals surface area (Å²) in [4.78, 5) is 27.5. The van der Waals surface area contributed by atoms with Gasteiger partial charge in [0.05, 0.1) is 63.5 Å². The molecule has 1 rings (SSSR count). The number of carbonyl (C=O) groups is 2. The van der Waals surface area contributed by atoms with Gasteiger partial charge < -0.3 is 43.8 Å². The molecule has 1 atom stereocenters. The number of rotatable bonds is 32. The topological polar surface area (TPSA) is 206 Å². The van der Waals surface area contributed by atoms with Crippen molar-refractivity contribution in [1.29, 1.82) is 0 Å². The van der Waals surface area contributed by atoms with Crippen LogP contribution < -0.4 is 10.6 Å². The van der Waals surface area contributed by atoms with Crippen molar-refractivity contribution in [3.8, 4) is 0 Å². The number of benzene rings is 1. The Balaban J connectivity index is 2.28. The lowest BCUT2D eigenvalue weighted by Crippen LogP contribution is -2.35. The molecule has 0 radical (unpaired) electrons. The summed E-state index contributed by atoms with van der Waals surface area (Å²) in [5.74, 6) is -0.462. The van der Waals surface area contributed by atoms with Crippen LogP contribution in [0, 0.1) is 6.92 Å². The van der Waals surface area contributed by atoms with E-state index in [1.807, 2.05) is 20.8 Å². The van der Waals surface area contributed by atoms with E-state index in [1.165, 1.54) is 0 Å². The van der Waals surface area contributed by atoms with E-state index >= 15 is 0 Å². The van der Waals surface area contributed by atoms with Crippen molar-refractivity contribution in [2.75, 3.05) is 91.5 Å². The van der Waals surface area contributed by atoms with Crippen LogP contribution in [0.2, 0.25) is 0 Å². The normalized spacial score (nSPS) is 12.0. The van der Waals surface area contributed by atoms with Crippen LogP contribution in [0.4, 0.5) is 4.79 Å². The Morgan fingerprint density at radius 2 is 1.40 bits per heavy atom. The second-order valence-corrected chi connectivity index (χ2v) is 13.1. The molecule has 0 spiro atoms. The third-order valence-electron chi connectivity index (χ3n) is 6.93. The van der Waals surface area contributed by atoms with E-state index in [0.717, 1.165) is 5.56 Å². The summed E-state index contributed by atoms with van der Waals surface area (Å²) in [6.07, 6.45) is 0.999. The Bertz CT molecular complexity index is 1180. The number of unbranched alkanes of at least 4 members (excludes halogenated alkanes) is 2. The van der Waals surface area contributed by atoms with Gasteiger partial charge in [-0.3, -0.25) is 4.79 Å². The van der Waals surface area contributed by atoms with Crippen LogP contribution in [0.5, 0.6) is 0 Å². The summed E-state index contributed by atoms with van der Waals surface area (Å²) < 4.78 is 64.2. The van der Waals surface area contributed by atoms with E-state index < -0.39 is 28.3 Å². The monoisotopic (exact) mass is 731 g/mol. The van der Waals surface area contributed by atoms with E-state index in [9.17, 15) is 18.0 Å². The number of hydrogen-bond donors (Lipinski definition) is 2. The lowest BCUT2D eigenvalue weighted by atomic mass is 10.1. The highest BCUT2D eigenvalue weighted by atomic mass is 32.2. The van der Waals surface area contributed by atoms with E-state index in [0.29, 0.717) is 105 Å². The molecule has 0 aliphatic heterocycles. The van der Waals surface area contributed by atoms with Gasteiger partial charge in [0.15, 0.2) is 16.1 Å². The molecule has 50 heavy (non-hydrogen) atoms. The van der Waals surface area contributed by atoms with Gasteiger partial charge in [0.25, 0.3) is 0 Å². The van der Waals surface area contributed by atoms with E-state index in [1.54, 1.807) is 24.3 Å². The first-order valence-corrected chi connectivity index (χ1v) is 18.9.